The van der Waals surface area contributed by atoms with Crippen molar-refractivity contribution < 1.29 is 4.39 Å². The summed E-state index contributed by atoms with van der Waals surface area (Å²) in [6.45, 7) is 0. The predicted molar refractivity (Wildman–Crippen MR) is 83.6 cm³/mol. The highest BCUT2D eigenvalue weighted by Gasteiger charge is 2.14. The Bertz CT molecular complexity index is 554. The second-order valence-corrected chi connectivity index (χ2v) is 5.88. The highest BCUT2D eigenvalue weighted by Crippen LogP contribution is 2.21. The molecule has 0 saturated heterocycles. The molecule has 0 aliphatic carbocycles. The van der Waals surface area contributed by atoms with Crippen molar-refractivity contribution in [3.63, 3.8) is 0 Å². The number of nitrogens with one attached hydrogen (secondary N) is 1. The molecule has 0 amide bonds. The normalized spacial score (nSPS) is 12.4. The maximum absolute atomic E-state index is 13.8. The summed E-state index contributed by atoms with van der Waals surface area (Å²) in [5.74, 6) is -0.262. The summed E-state index contributed by atoms with van der Waals surface area (Å²) in [7, 11) is 1.86. The molecule has 1 unspecified atom stereocenters. The zero-order valence-electron chi connectivity index (χ0n) is 11.0. The molecule has 2 rings (SSSR count). The van der Waals surface area contributed by atoms with E-state index < -0.39 is 0 Å². The van der Waals surface area contributed by atoms with E-state index in [9.17, 15) is 4.39 Å². The lowest BCUT2D eigenvalue weighted by Gasteiger charge is -2.17. The molecule has 1 aromatic heterocycles. The van der Waals surface area contributed by atoms with Crippen molar-refractivity contribution in [2.24, 2.45) is 0 Å². The fourth-order valence-corrected chi connectivity index (χ4v) is 2.50. The van der Waals surface area contributed by atoms with Gasteiger partial charge in [-0.2, -0.15) is 0 Å². The van der Waals surface area contributed by atoms with Gasteiger partial charge in [0.15, 0.2) is 0 Å². The molecule has 0 spiro atoms. The van der Waals surface area contributed by atoms with Crippen molar-refractivity contribution in [2.75, 3.05) is 7.05 Å². The third kappa shape index (κ3) is 4.01. The Morgan fingerprint density at radius 2 is 2.10 bits per heavy atom. The summed E-state index contributed by atoms with van der Waals surface area (Å²) in [5, 5.41) is 3.66. The fourth-order valence-electron chi connectivity index (χ4n) is 2.03. The average molecular weight is 358 g/mol. The molecule has 0 radical (unpaired) electrons. The SMILES string of the molecule is CNC(Cc1ccc(Br)cn1)Cc1c(F)cccc1Cl. The largest absolute Gasteiger partial charge is 0.316 e. The molecule has 106 valence electrons. The molecule has 1 N–H and O–H groups in total. The van der Waals surface area contributed by atoms with Gasteiger partial charge in [-0.3, -0.25) is 4.98 Å². The van der Waals surface area contributed by atoms with Crippen molar-refractivity contribution in [2.45, 2.75) is 18.9 Å². The Morgan fingerprint density at radius 3 is 2.70 bits per heavy atom. The Hall–Kier alpha value is -0.970. The third-order valence-electron chi connectivity index (χ3n) is 3.16. The number of rotatable bonds is 5. The van der Waals surface area contributed by atoms with Crippen LogP contribution in [0.2, 0.25) is 5.02 Å². The number of halogens is 3. The van der Waals surface area contributed by atoms with Crippen LogP contribution in [0.3, 0.4) is 0 Å². The molecular formula is C15H15BrClFN2. The van der Waals surface area contributed by atoms with Crippen LogP contribution in [-0.4, -0.2) is 18.1 Å². The molecular weight excluding hydrogens is 343 g/mol. The van der Waals surface area contributed by atoms with Crippen LogP contribution in [0.25, 0.3) is 0 Å². The third-order valence-corrected chi connectivity index (χ3v) is 3.99. The molecule has 0 saturated carbocycles. The van der Waals surface area contributed by atoms with Crippen LogP contribution in [0.1, 0.15) is 11.3 Å². The topological polar surface area (TPSA) is 24.9 Å². The van der Waals surface area contributed by atoms with Gasteiger partial charge in [0.05, 0.1) is 0 Å². The molecule has 1 heterocycles. The minimum atomic E-state index is -0.262. The fraction of sp³-hybridized carbons (Fsp3) is 0.267. The number of hydrogen-bond donors (Lipinski definition) is 1. The van der Waals surface area contributed by atoms with Crippen LogP contribution in [0, 0.1) is 5.82 Å². The number of hydrogen-bond acceptors (Lipinski definition) is 2. The summed E-state index contributed by atoms with van der Waals surface area (Å²) >= 11 is 9.42. The van der Waals surface area contributed by atoms with E-state index in [1.807, 2.05) is 19.2 Å². The van der Waals surface area contributed by atoms with Crippen LogP contribution in [0.15, 0.2) is 41.0 Å². The quantitative estimate of drug-likeness (QED) is 0.874. The second-order valence-electron chi connectivity index (χ2n) is 4.56. The lowest BCUT2D eigenvalue weighted by Crippen LogP contribution is -2.30. The van der Waals surface area contributed by atoms with E-state index in [1.54, 1.807) is 18.3 Å². The first-order valence-corrected chi connectivity index (χ1v) is 7.48. The highest BCUT2D eigenvalue weighted by molar-refractivity contribution is 9.10. The molecule has 2 nitrogen and oxygen atoms in total. The predicted octanol–water partition coefficient (Wildman–Crippen LogP) is 4.01. The number of nitrogens with zero attached hydrogens (tertiary/aromatic N) is 1. The Labute approximate surface area is 131 Å². The Morgan fingerprint density at radius 1 is 1.30 bits per heavy atom. The number of pyridine rings is 1. The van der Waals surface area contributed by atoms with Crippen LogP contribution in [0.4, 0.5) is 4.39 Å². The van der Waals surface area contributed by atoms with Gasteiger partial charge in [0.25, 0.3) is 0 Å². The first-order valence-electron chi connectivity index (χ1n) is 6.30. The molecule has 0 aliphatic rings. The molecule has 1 atom stereocenters. The van der Waals surface area contributed by atoms with Crippen molar-refractivity contribution in [1.82, 2.24) is 10.3 Å². The standard InChI is InChI=1S/C15H15BrClFN2/c1-19-12(7-11-6-5-10(16)9-20-11)8-13-14(17)3-2-4-15(13)18/h2-6,9,12,19H,7-8H2,1H3. The lowest BCUT2D eigenvalue weighted by atomic mass is 10.0. The van der Waals surface area contributed by atoms with Gasteiger partial charge in [-0.05, 0) is 53.7 Å². The monoisotopic (exact) mass is 356 g/mol. The first kappa shape index (κ1) is 15.4. The van der Waals surface area contributed by atoms with Crippen LogP contribution in [-0.2, 0) is 12.8 Å². The molecule has 0 aliphatic heterocycles. The van der Waals surface area contributed by atoms with Gasteiger partial charge in [0.1, 0.15) is 5.82 Å². The summed E-state index contributed by atoms with van der Waals surface area (Å²) in [4.78, 5) is 4.34. The van der Waals surface area contributed by atoms with Crippen molar-refractivity contribution in [3.8, 4) is 0 Å². The summed E-state index contributed by atoms with van der Waals surface area (Å²) < 4.78 is 14.7. The van der Waals surface area contributed by atoms with E-state index in [4.69, 9.17) is 11.6 Å². The van der Waals surface area contributed by atoms with Crippen molar-refractivity contribution in [1.29, 1.82) is 0 Å². The van der Waals surface area contributed by atoms with Gasteiger partial charge in [0, 0.05) is 39.4 Å². The second kappa shape index (κ2) is 7.16. The van der Waals surface area contributed by atoms with E-state index in [2.05, 4.69) is 26.2 Å². The smallest absolute Gasteiger partial charge is 0.127 e. The van der Waals surface area contributed by atoms with Gasteiger partial charge < -0.3 is 5.32 Å². The highest BCUT2D eigenvalue weighted by atomic mass is 79.9. The first-order chi connectivity index (χ1) is 9.60. The van der Waals surface area contributed by atoms with Gasteiger partial charge in [-0.25, -0.2) is 4.39 Å². The van der Waals surface area contributed by atoms with Crippen molar-refractivity contribution in [3.05, 3.63) is 63.1 Å². The zero-order chi connectivity index (χ0) is 14.5. The van der Waals surface area contributed by atoms with E-state index in [-0.39, 0.29) is 11.9 Å². The molecule has 0 bridgehead atoms. The van der Waals surface area contributed by atoms with Crippen LogP contribution >= 0.6 is 27.5 Å². The maximum Gasteiger partial charge on any atom is 0.127 e. The minimum Gasteiger partial charge on any atom is -0.316 e. The summed E-state index contributed by atoms with van der Waals surface area (Å²) in [6.07, 6.45) is 3.01. The van der Waals surface area contributed by atoms with Gasteiger partial charge >= 0.3 is 0 Å². The number of benzene rings is 1. The van der Waals surface area contributed by atoms with Gasteiger partial charge in [0.2, 0.25) is 0 Å². The zero-order valence-corrected chi connectivity index (χ0v) is 13.4. The van der Waals surface area contributed by atoms with Crippen molar-refractivity contribution >= 4 is 27.5 Å². The molecule has 2 aromatic rings. The van der Waals surface area contributed by atoms with Crippen LogP contribution in [0.5, 0.6) is 0 Å². The van der Waals surface area contributed by atoms with E-state index in [0.29, 0.717) is 23.4 Å². The molecule has 20 heavy (non-hydrogen) atoms. The number of aromatic nitrogens is 1. The van der Waals surface area contributed by atoms with E-state index >= 15 is 0 Å². The average Bonchev–Trinajstić information content (AvgIpc) is 2.44. The maximum atomic E-state index is 13.8. The molecule has 5 heteroatoms. The van der Waals surface area contributed by atoms with E-state index in [1.165, 1.54) is 6.07 Å². The molecule has 1 aromatic carbocycles. The molecule has 0 fully saturated rings. The lowest BCUT2D eigenvalue weighted by molar-refractivity contribution is 0.528. The Kier molecular flexibility index (Phi) is 5.52. The number of likely N-dealkylation sites (N-methyl/N-ethyl adjacent to an activating group) is 1. The summed E-state index contributed by atoms with van der Waals surface area (Å²) in [6, 6.07) is 8.75. The van der Waals surface area contributed by atoms with Crippen LogP contribution < -0.4 is 5.32 Å². The summed E-state index contributed by atoms with van der Waals surface area (Å²) in [5.41, 5.74) is 1.51. The minimum absolute atomic E-state index is 0.0816. The Balaban J connectivity index is 2.11. The van der Waals surface area contributed by atoms with E-state index in [0.717, 1.165) is 10.2 Å². The van der Waals surface area contributed by atoms with Gasteiger partial charge in [-0.1, -0.05) is 17.7 Å². The van der Waals surface area contributed by atoms with Gasteiger partial charge in [-0.15, -0.1) is 0 Å².